The van der Waals surface area contributed by atoms with Crippen LogP contribution in [0.1, 0.15) is 30.2 Å². The third-order valence-corrected chi connectivity index (χ3v) is 3.98. The van der Waals surface area contributed by atoms with Crippen LogP contribution in [0, 0.1) is 0 Å². The molecule has 0 saturated heterocycles. The highest BCUT2D eigenvalue weighted by molar-refractivity contribution is 5.91. The molecule has 0 spiro atoms. The number of aryl methyl sites for hydroxylation is 1. The average Bonchev–Trinajstić information content (AvgIpc) is 3.18. The number of fused-ring (bicyclic) bond motifs is 1. The van der Waals surface area contributed by atoms with E-state index in [1.807, 2.05) is 19.2 Å². The molecule has 0 atom stereocenters. The summed E-state index contributed by atoms with van der Waals surface area (Å²) in [5.41, 5.74) is 5.64. The molecular formula is C17H19N3O2. The van der Waals surface area contributed by atoms with Gasteiger partial charge in [0, 0.05) is 12.2 Å². The lowest BCUT2D eigenvalue weighted by atomic mass is 10.1. The number of H-pyrrole nitrogens is 1. The van der Waals surface area contributed by atoms with Gasteiger partial charge in [0.05, 0.1) is 25.3 Å². The van der Waals surface area contributed by atoms with Gasteiger partial charge in [-0.05, 0) is 54.7 Å². The van der Waals surface area contributed by atoms with E-state index in [1.165, 1.54) is 23.8 Å². The van der Waals surface area contributed by atoms with Crippen LogP contribution >= 0.6 is 0 Å². The lowest BCUT2D eigenvalue weighted by Gasteiger charge is -2.20. The maximum atomic E-state index is 11.9. The second kappa shape index (κ2) is 6.05. The number of anilines is 1. The number of amides is 1. The highest BCUT2D eigenvalue weighted by Gasteiger charge is 2.20. The number of allylic oxidation sites excluding steroid dienone is 1. The van der Waals surface area contributed by atoms with Crippen molar-refractivity contribution >= 4 is 23.4 Å². The van der Waals surface area contributed by atoms with E-state index in [0.717, 1.165) is 24.2 Å². The average molecular weight is 297 g/mol. The monoisotopic (exact) mass is 297 g/mol. The summed E-state index contributed by atoms with van der Waals surface area (Å²) in [6.07, 6.45) is 7.30. The van der Waals surface area contributed by atoms with Gasteiger partial charge in [-0.2, -0.15) is 0 Å². The van der Waals surface area contributed by atoms with Gasteiger partial charge in [0.1, 0.15) is 0 Å². The Bertz CT molecular complexity index is 705. The Morgan fingerprint density at radius 3 is 3.00 bits per heavy atom. The number of imidazole rings is 1. The lowest BCUT2D eigenvalue weighted by molar-refractivity contribution is 0.179. The highest BCUT2D eigenvalue weighted by Crippen LogP contribution is 2.36. The fourth-order valence-electron chi connectivity index (χ4n) is 2.86. The molecular weight excluding hydrogens is 278 g/mol. The zero-order valence-corrected chi connectivity index (χ0v) is 12.8. The van der Waals surface area contributed by atoms with Crippen LogP contribution in [-0.2, 0) is 11.2 Å². The van der Waals surface area contributed by atoms with E-state index in [2.05, 4.69) is 28.2 Å². The van der Waals surface area contributed by atoms with Gasteiger partial charge in [-0.3, -0.25) is 4.90 Å². The molecule has 0 fully saturated rings. The third kappa shape index (κ3) is 2.62. The number of methoxy groups -OCH3 is 1. The SMILES string of the molecule is CCN(C(=O)OC)c1ccc2c(c1)/C(=C\c1cnc[nH]1)CC2. The van der Waals surface area contributed by atoms with Crippen LogP contribution in [0.4, 0.5) is 10.5 Å². The van der Waals surface area contributed by atoms with Gasteiger partial charge in [0.2, 0.25) is 0 Å². The number of rotatable bonds is 3. The van der Waals surface area contributed by atoms with E-state index in [9.17, 15) is 4.79 Å². The van der Waals surface area contributed by atoms with Crippen LogP contribution in [0.3, 0.4) is 0 Å². The van der Waals surface area contributed by atoms with Crippen molar-refractivity contribution in [1.29, 1.82) is 0 Å². The molecule has 0 unspecified atom stereocenters. The largest absolute Gasteiger partial charge is 0.452 e. The maximum Gasteiger partial charge on any atom is 0.413 e. The molecule has 114 valence electrons. The normalized spacial score (nSPS) is 14.9. The topological polar surface area (TPSA) is 58.2 Å². The second-order valence-corrected chi connectivity index (χ2v) is 5.23. The molecule has 22 heavy (non-hydrogen) atoms. The summed E-state index contributed by atoms with van der Waals surface area (Å²) in [5, 5.41) is 0. The van der Waals surface area contributed by atoms with Crippen molar-refractivity contribution in [2.45, 2.75) is 19.8 Å². The molecule has 0 bridgehead atoms. The van der Waals surface area contributed by atoms with Crippen LogP contribution in [-0.4, -0.2) is 29.7 Å². The minimum Gasteiger partial charge on any atom is -0.452 e. The maximum absolute atomic E-state index is 11.9. The Morgan fingerprint density at radius 1 is 1.45 bits per heavy atom. The van der Waals surface area contributed by atoms with Gasteiger partial charge < -0.3 is 9.72 Å². The van der Waals surface area contributed by atoms with E-state index < -0.39 is 0 Å². The zero-order valence-electron chi connectivity index (χ0n) is 12.8. The van der Waals surface area contributed by atoms with Crippen molar-refractivity contribution in [2.24, 2.45) is 0 Å². The van der Waals surface area contributed by atoms with Gasteiger partial charge in [-0.25, -0.2) is 9.78 Å². The number of hydrogen-bond donors (Lipinski definition) is 1. The quantitative estimate of drug-likeness (QED) is 0.943. The molecule has 3 rings (SSSR count). The van der Waals surface area contributed by atoms with E-state index in [0.29, 0.717) is 6.54 Å². The number of benzene rings is 1. The molecule has 0 aliphatic heterocycles. The van der Waals surface area contributed by atoms with Gasteiger partial charge >= 0.3 is 6.09 Å². The molecule has 2 aromatic rings. The molecule has 1 aromatic carbocycles. The summed E-state index contributed by atoms with van der Waals surface area (Å²) in [6, 6.07) is 6.16. The fourth-order valence-corrected chi connectivity index (χ4v) is 2.86. The van der Waals surface area contributed by atoms with Crippen molar-refractivity contribution in [3.63, 3.8) is 0 Å². The Morgan fingerprint density at radius 2 is 2.32 bits per heavy atom. The van der Waals surface area contributed by atoms with Crippen LogP contribution in [0.15, 0.2) is 30.7 Å². The van der Waals surface area contributed by atoms with E-state index in [-0.39, 0.29) is 6.09 Å². The molecule has 5 nitrogen and oxygen atoms in total. The summed E-state index contributed by atoms with van der Waals surface area (Å²) < 4.78 is 4.85. The fraction of sp³-hybridized carbons (Fsp3) is 0.294. The van der Waals surface area contributed by atoms with Crippen LogP contribution in [0.5, 0.6) is 0 Å². The van der Waals surface area contributed by atoms with Crippen molar-refractivity contribution in [3.05, 3.63) is 47.5 Å². The van der Waals surface area contributed by atoms with Crippen molar-refractivity contribution in [2.75, 3.05) is 18.6 Å². The molecule has 1 heterocycles. The smallest absolute Gasteiger partial charge is 0.413 e. The van der Waals surface area contributed by atoms with Crippen LogP contribution < -0.4 is 4.90 Å². The second-order valence-electron chi connectivity index (χ2n) is 5.23. The highest BCUT2D eigenvalue weighted by atomic mass is 16.5. The number of ether oxygens (including phenoxy) is 1. The minimum absolute atomic E-state index is 0.334. The molecule has 1 aliphatic carbocycles. The Labute approximate surface area is 129 Å². The summed E-state index contributed by atoms with van der Waals surface area (Å²) >= 11 is 0. The standard InChI is InChI=1S/C17H19N3O2/c1-3-20(17(21)22-2)15-7-6-12-4-5-13(16(12)9-15)8-14-10-18-11-19-14/h6-11H,3-5H2,1-2H3,(H,18,19)/b13-8-. The summed E-state index contributed by atoms with van der Waals surface area (Å²) in [4.78, 5) is 20.6. The van der Waals surface area contributed by atoms with Gasteiger partial charge in [-0.15, -0.1) is 0 Å². The molecule has 0 saturated carbocycles. The molecule has 0 radical (unpaired) electrons. The molecule has 1 amide bonds. The van der Waals surface area contributed by atoms with Crippen molar-refractivity contribution in [1.82, 2.24) is 9.97 Å². The lowest BCUT2D eigenvalue weighted by Crippen LogP contribution is -2.30. The number of nitrogens with zero attached hydrogens (tertiary/aromatic N) is 2. The number of carbonyl (C=O) groups is 1. The Kier molecular flexibility index (Phi) is 3.96. The first-order valence-electron chi connectivity index (χ1n) is 7.40. The first-order valence-corrected chi connectivity index (χ1v) is 7.40. The predicted octanol–water partition coefficient (Wildman–Crippen LogP) is 3.49. The van der Waals surface area contributed by atoms with Gasteiger partial charge in [0.25, 0.3) is 0 Å². The molecule has 1 N–H and O–H groups in total. The number of hydrogen-bond acceptors (Lipinski definition) is 3. The zero-order chi connectivity index (χ0) is 15.5. The van der Waals surface area contributed by atoms with Crippen molar-refractivity contribution < 1.29 is 9.53 Å². The molecule has 1 aromatic heterocycles. The summed E-state index contributed by atoms with van der Waals surface area (Å²) in [7, 11) is 1.40. The molecule has 5 heteroatoms. The van der Waals surface area contributed by atoms with E-state index >= 15 is 0 Å². The van der Waals surface area contributed by atoms with Crippen molar-refractivity contribution in [3.8, 4) is 0 Å². The van der Waals surface area contributed by atoms with E-state index in [1.54, 1.807) is 11.2 Å². The number of carbonyl (C=O) groups excluding carboxylic acids is 1. The number of aromatic amines is 1. The first-order chi connectivity index (χ1) is 10.7. The Hall–Kier alpha value is -2.56. The third-order valence-electron chi connectivity index (χ3n) is 3.98. The minimum atomic E-state index is -0.334. The first kappa shape index (κ1) is 14.4. The van der Waals surface area contributed by atoms with Gasteiger partial charge in [0.15, 0.2) is 0 Å². The van der Waals surface area contributed by atoms with Crippen LogP contribution in [0.2, 0.25) is 0 Å². The molecule has 1 aliphatic rings. The van der Waals surface area contributed by atoms with Gasteiger partial charge in [-0.1, -0.05) is 6.07 Å². The predicted molar refractivity (Wildman–Crippen MR) is 86.6 cm³/mol. The number of nitrogens with one attached hydrogen (secondary N) is 1. The Balaban J connectivity index is 1.97. The summed E-state index contributed by atoms with van der Waals surface area (Å²) in [5.74, 6) is 0. The number of aromatic nitrogens is 2. The van der Waals surface area contributed by atoms with Crippen LogP contribution in [0.25, 0.3) is 11.6 Å². The van der Waals surface area contributed by atoms with E-state index in [4.69, 9.17) is 4.74 Å². The summed E-state index contributed by atoms with van der Waals surface area (Å²) in [6.45, 7) is 2.51.